The van der Waals surface area contributed by atoms with E-state index in [9.17, 15) is 18.0 Å². The quantitative estimate of drug-likeness (QED) is 0.487. The van der Waals surface area contributed by atoms with Crippen LogP contribution >= 0.6 is 22.9 Å². The normalized spacial score (nSPS) is 21.9. The summed E-state index contributed by atoms with van der Waals surface area (Å²) in [5, 5.41) is 1.05. The van der Waals surface area contributed by atoms with E-state index in [0.29, 0.717) is 47.2 Å². The van der Waals surface area contributed by atoms with Crippen molar-refractivity contribution in [1.29, 1.82) is 0 Å². The van der Waals surface area contributed by atoms with Crippen LogP contribution in [0, 0.1) is 0 Å². The molecule has 2 aliphatic heterocycles. The summed E-state index contributed by atoms with van der Waals surface area (Å²) in [7, 11) is -3.82. The number of carbonyl (C=O) groups is 2. The summed E-state index contributed by atoms with van der Waals surface area (Å²) < 4.78 is 28.1. The molecule has 2 atom stereocenters. The molecule has 0 unspecified atom stereocenters. The lowest BCUT2D eigenvalue weighted by Gasteiger charge is -2.37. The summed E-state index contributed by atoms with van der Waals surface area (Å²) >= 11 is 7.15. The van der Waals surface area contributed by atoms with Gasteiger partial charge in [-0.05, 0) is 71.6 Å². The Kier molecular flexibility index (Phi) is 9.79. The van der Waals surface area contributed by atoms with Crippen LogP contribution < -0.4 is 4.72 Å². The van der Waals surface area contributed by atoms with E-state index >= 15 is 0 Å². The van der Waals surface area contributed by atoms with Gasteiger partial charge in [0.2, 0.25) is 21.8 Å². The minimum absolute atomic E-state index is 0.0134. The van der Waals surface area contributed by atoms with Gasteiger partial charge < -0.3 is 9.80 Å². The molecule has 196 valence electrons. The molecule has 0 spiro atoms. The lowest BCUT2D eigenvalue weighted by atomic mass is 10.1. The Morgan fingerprint density at radius 2 is 1.89 bits per heavy atom. The molecule has 0 saturated carbocycles. The van der Waals surface area contributed by atoms with E-state index in [1.807, 2.05) is 4.90 Å². The lowest BCUT2D eigenvalue weighted by Crippen LogP contribution is -2.55. The molecule has 11 heteroatoms. The van der Waals surface area contributed by atoms with Crippen molar-refractivity contribution in [1.82, 2.24) is 19.4 Å². The fourth-order valence-electron chi connectivity index (χ4n) is 4.89. The van der Waals surface area contributed by atoms with Crippen molar-refractivity contribution >= 4 is 50.9 Å². The molecule has 2 saturated heterocycles. The van der Waals surface area contributed by atoms with Gasteiger partial charge in [-0.2, -0.15) is 4.72 Å². The highest BCUT2D eigenvalue weighted by atomic mass is 35.5. The van der Waals surface area contributed by atoms with Gasteiger partial charge in [0.1, 0.15) is 6.04 Å². The van der Waals surface area contributed by atoms with Crippen LogP contribution in [0.5, 0.6) is 0 Å². The van der Waals surface area contributed by atoms with Gasteiger partial charge in [-0.1, -0.05) is 11.6 Å². The van der Waals surface area contributed by atoms with Crippen LogP contribution in [0.3, 0.4) is 0 Å². The Balaban J connectivity index is 1.59. The van der Waals surface area contributed by atoms with Crippen LogP contribution in [0.1, 0.15) is 58.3 Å². The van der Waals surface area contributed by atoms with Crippen LogP contribution in [0.15, 0.2) is 17.5 Å². The fourth-order valence-corrected chi connectivity index (χ4v) is 6.96. The summed E-state index contributed by atoms with van der Waals surface area (Å²) in [6.45, 7) is 10.6. The number of amides is 2. The van der Waals surface area contributed by atoms with E-state index in [-0.39, 0.29) is 24.4 Å². The van der Waals surface area contributed by atoms with E-state index < -0.39 is 16.1 Å². The van der Waals surface area contributed by atoms with Crippen LogP contribution in [-0.4, -0.2) is 85.3 Å². The average Bonchev–Trinajstić information content (AvgIpc) is 3.41. The first kappa shape index (κ1) is 28.1. The van der Waals surface area contributed by atoms with Crippen molar-refractivity contribution < 1.29 is 18.0 Å². The highest BCUT2D eigenvalue weighted by Crippen LogP contribution is 2.24. The smallest absolute Gasteiger partial charge is 0.242 e. The molecule has 3 heterocycles. The number of nitrogens with one attached hydrogen (secondary N) is 1. The van der Waals surface area contributed by atoms with E-state index in [1.54, 1.807) is 12.1 Å². The Bertz CT molecular complexity index is 1020. The van der Waals surface area contributed by atoms with Crippen molar-refractivity contribution in [3.8, 4) is 0 Å². The monoisotopic (exact) mass is 544 g/mol. The predicted molar refractivity (Wildman–Crippen MR) is 142 cm³/mol. The third-order valence-electron chi connectivity index (χ3n) is 6.61. The molecular weight excluding hydrogens is 508 g/mol. The third-order valence-corrected chi connectivity index (χ3v) is 8.92. The Morgan fingerprint density at radius 1 is 1.20 bits per heavy atom. The topological polar surface area (TPSA) is 90.0 Å². The number of hydrogen-bond donors (Lipinski definition) is 1. The Labute approximate surface area is 218 Å². The van der Waals surface area contributed by atoms with Gasteiger partial charge in [-0.25, -0.2) is 8.42 Å². The number of rotatable bonds is 10. The number of carbonyl (C=O) groups excluding carboxylic acids is 2. The van der Waals surface area contributed by atoms with Crippen molar-refractivity contribution in [2.75, 3.05) is 26.2 Å². The van der Waals surface area contributed by atoms with Crippen molar-refractivity contribution in [3.63, 3.8) is 0 Å². The van der Waals surface area contributed by atoms with Gasteiger partial charge in [0.05, 0.1) is 10.9 Å². The number of hydrogen-bond acceptors (Lipinski definition) is 6. The summed E-state index contributed by atoms with van der Waals surface area (Å²) in [5.74, 6) is -0.409. The minimum atomic E-state index is -3.82. The molecule has 2 amide bonds. The van der Waals surface area contributed by atoms with Crippen molar-refractivity contribution in [3.05, 3.63) is 26.8 Å². The van der Waals surface area contributed by atoms with Crippen LogP contribution in [0.25, 0.3) is 6.08 Å². The van der Waals surface area contributed by atoms with E-state index in [2.05, 4.69) is 37.3 Å². The average molecular weight is 545 g/mol. The second kappa shape index (κ2) is 12.2. The minimum Gasteiger partial charge on any atom is -0.337 e. The second-order valence-corrected chi connectivity index (χ2v) is 13.2. The van der Waals surface area contributed by atoms with E-state index in [0.717, 1.165) is 24.8 Å². The van der Waals surface area contributed by atoms with Gasteiger partial charge in [0, 0.05) is 48.0 Å². The molecule has 0 aromatic carbocycles. The van der Waals surface area contributed by atoms with Crippen molar-refractivity contribution in [2.45, 2.75) is 77.5 Å². The summed E-state index contributed by atoms with van der Waals surface area (Å²) in [6, 6.07) is 3.46. The Hall–Kier alpha value is -1.46. The first-order chi connectivity index (χ1) is 16.5. The highest BCUT2D eigenvalue weighted by Gasteiger charge is 2.36. The lowest BCUT2D eigenvalue weighted by molar-refractivity contribution is -0.143. The van der Waals surface area contributed by atoms with Gasteiger partial charge in [-0.15, -0.1) is 11.3 Å². The van der Waals surface area contributed by atoms with E-state index in [4.69, 9.17) is 11.6 Å². The molecule has 2 aliphatic rings. The fraction of sp³-hybridized carbons (Fsp3) is 0.667. The molecule has 3 rings (SSSR count). The summed E-state index contributed by atoms with van der Waals surface area (Å²) in [4.78, 5) is 32.8. The molecular formula is C24H37ClN4O4S2. The van der Waals surface area contributed by atoms with Crippen molar-refractivity contribution in [2.24, 2.45) is 0 Å². The molecule has 0 bridgehead atoms. The number of likely N-dealkylation sites (tertiary alicyclic amines) is 2. The molecule has 35 heavy (non-hydrogen) atoms. The van der Waals surface area contributed by atoms with Crippen LogP contribution in [-0.2, 0) is 19.6 Å². The number of halogens is 1. The molecule has 1 N–H and O–H groups in total. The second-order valence-electron chi connectivity index (χ2n) is 9.83. The number of piperidine rings is 1. The first-order valence-corrected chi connectivity index (χ1v) is 15.0. The van der Waals surface area contributed by atoms with Gasteiger partial charge >= 0.3 is 0 Å². The summed E-state index contributed by atoms with van der Waals surface area (Å²) in [6.07, 6.45) is 4.41. The zero-order valence-electron chi connectivity index (χ0n) is 20.9. The predicted octanol–water partition coefficient (Wildman–Crippen LogP) is 3.39. The maximum absolute atomic E-state index is 13.2. The third kappa shape index (κ3) is 7.76. The SMILES string of the molecule is CC(C)N(C[C@@H]1CCCN1C(=O)CN1CCC[C@H](NS(=O)(=O)C=Cc2ccc(Cl)s2)C1=O)C(C)C. The standard InChI is InChI=1S/C24H37ClN4O4S2/c1-17(2)29(18(3)4)15-19-7-5-13-28(19)23(30)16-27-12-6-8-21(24(27)31)26-35(32,33)14-11-20-9-10-22(25)34-20/h9-11,14,17-19,21,26H,5-8,12-13,15-16H2,1-4H3/t19-,21-/m0/s1. The number of sulfonamides is 1. The molecule has 0 radical (unpaired) electrons. The largest absolute Gasteiger partial charge is 0.337 e. The molecule has 0 aliphatic carbocycles. The first-order valence-electron chi connectivity index (χ1n) is 12.3. The summed E-state index contributed by atoms with van der Waals surface area (Å²) in [5.41, 5.74) is 0. The molecule has 2 fully saturated rings. The molecule has 1 aromatic rings. The molecule has 8 nitrogen and oxygen atoms in total. The van der Waals surface area contributed by atoms with Gasteiger partial charge in [-0.3, -0.25) is 14.5 Å². The maximum Gasteiger partial charge on any atom is 0.242 e. The number of thiophene rings is 1. The maximum atomic E-state index is 13.2. The highest BCUT2D eigenvalue weighted by molar-refractivity contribution is 7.92. The zero-order chi connectivity index (χ0) is 25.8. The van der Waals surface area contributed by atoms with Gasteiger partial charge in [0.25, 0.3) is 0 Å². The zero-order valence-corrected chi connectivity index (χ0v) is 23.3. The Morgan fingerprint density at radius 3 is 2.51 bits per heavy atom. The van der Waals surface area contributed by atoms with Crippen LogP contribution in [0.4, 0.5) is 0 Å². The van der Waals surface area contributed by atoms with Crippen LogP contribution in [0.2, 0.25) is 4.34 Å². The van der Waals surface area contributed by atoms with E-state index in [1.165, 1.54) is 22.3 Å². The number of nitrogens with zero attached hydrogens (tertiary/aromatic N) is 3. The molecule has 1 aromatic heterocycles. The van der Waals surface area contributed by atoms with Gasteiger partial charge in [0.15, 0.2) is 0 Å².